The average Bonchev–Trinajstić information content (AvgIpc) is 2.56. The van der Waals surface area contributed by atoms with Gasteiger partial charge in [0.05, 0.1) is 5.39 Å². The first kappa shape index (κ1) is 12.8. The summed E-state index contributed by atoms with van der Waals surface area (Å²) >= 11 is 0. The minimum atomic E-state index is -0.0946. The molecule has 4 nitrogen and oxygen atoms in total. The molecule has 1 aliphatic rings. The third kappa shape index (κ3) is 2.09. The molecule has 108 valence electrons. The van der Waals surface area contributed by atoms with Crippen LogP contribution < -0.4 is 10.3 Å². The zero-order valence-corrected chi connectivity index (χ0v) is 11.9. The Balaban J connectivity index is 1.96. The number of H-pyrrole nitrogens is 1. The largest absolute Gasteiger partial charge is 0.457 e. The van der Waals surface area contributed by atoms with Gasteiger partial charge >= 0.3 is 0 Å². The van der Waals surface area contributed by atoms with Gasteiger partial charge in [-0.2, -0.15) is 0 Å². The molecule has 22 heavy (non-hydrogen) atoms. The Morgan fingerprint density at radius 3 is 2.86 bits per heavy atom. The number of aromatic nitrogens is 2. The number of aromatic amines is 1. The quantitative estimate of drug-likeness (QED) is 0.783. The van der Waals surface area contributed by atoms with E-state index >= 15 is 0 Å². The van der Waals surface area contributed by atoms with Gasteiger partial charge in [-0.15, -0.1) is 0 Å². The van der Waals surface area contributed by atoms with E-state index in [4.69, 9.17) is 4.74 Å². The maximum Gasteiger partial charge on any atom is 0.257 e. The first-order chi connectivity index (χ1) is 10.8. The van der Waals surface area contributed by atoms with Gasteiger partial charge in [-0.1, -0.05) is 30.4 Å². The number of hydrogen-bond acceptors (Lipinski definition) is 3. The summed E-state index contributed by atoms with van der Waals surface area (Å²) < 4.78 is 6.01. The molecule has 2 aromatic heterocycles. The Morgan fingerprint density at radius 1 is 1.14 bits per heavy atom. The first-order valence-electron chi connectivity index (χ1n) is 7.26. The van der Waals surface area contributed by atoms with Crippen molar-refractivity contribution in [1.29, 1.82) is 0 Å². The molecular weight excluding hydrogens is 276 g/mol. The van der Waals surface area contributed by atoms with Crippen LogP contribution in [0.25, 0.3) is 17.1 Å². The summed E-state index contributed by atoms with van der Waals surface area (Å²) in [4.78, 5) is 19.3. The van der Waals surface area contributed by atoms with E-state index in [1.54, 1.807) is 6.20 Å². The van der Waals surface area contributed by atoms with Crippen LogP contribution in [0.2, 0.25) is 0 Å². The maximum absolute atomic E-state index is 12.2. The lowest BCUT2D eigenvalue weighted by atomic mass is 9.95. The van der Waals surface area contributed by atoms with Crippen LogP contribution in [-0.2, 0) is 6.42 Å². The van der Waals surface area contributed by atoms with E-state index in [1.165, 1.54) is 0 Å². The van der Waals surface area contributed by atoms with E-state index in [-0.39, 0.29) is 5.56 Å². The minimum absolute atomic E-state index is 0.0946. The highest BCUT2D eigenvalue weighted by atomic mass is 16.5. The molecule has 0 saturated carbocycles. The molecule has 0 aliphatic heterocycles. The third-order valence-corrected chi connectivity index (χ3v) is 3.83. The third-order valence-electron chi connectivity index (χ3n) is 3.83. The van der Waals surface area contributed by atoms with Crippen LogP contribution in [0.1, 0.15) is 17.5 Å². The number of hydrogen-bond donors (Lipinski definition) is 1. The van der Waals surface area contributed by atoms with Crippen LogP contribution >= 0.6 is 0 Å². The molecule has 4 heteroatoms. The average molecular weight is 290 g/mol. The predicted octanol–water partition coefficient (Wildman–Crippen LogP) is 3.67. The topological polar surface area (TPSA) is 55.0 Å². The molecule has 1 aliphatic carbocycles. The molecule has 0 bridgehead atoms. The second-order valence-corrected chi connectivity index (χ2v) is 5.24. The second-order valence-electron chi connectivity index (χ2n) is 5.24. The van der Waals surface area contributed by atoms with Crippen molar-refractivity contribution >= 4 is 17.1 Å². The van der Waals surface area contributed by atoms with Gasteiger partial charge in [-0.3, -0.25) is 4.79 Å². The lowest BCUT2D eigenvalue weighted by Gasteiger charge is -2.15. The molecule has 0 radical (unpaired) electrons. The monoisotopic (exact) mass is 290 g/mol. The van der Waals surface area contributed by atoms with Gasteiger partial charge in [0.25, 0.3) is 5.56 Å². The molecule has 0 atom stereocenters. The van der Waals surface area contributed by atoms with Gasteiger partial charge in [0.1, 0.15) is 17.1 Å². The number of nitrogens with zero attached hydrogens (tertiary/aromatic N) is 1. The van der Waals surface area contributed by atoms with E-state index in [0.29, 0.717) is 11.2 Å². The molecule has 0 amide bonds. The number of benzene rings is 1. The summed E-state index contributed by atoms with van der Waals surface area (Å²) in [5, 5.41) is 0.894. The van der Waals surface area contributed by atoms with Crippen molar-refractivity contribution in [3.05, 3.63) is 70.2 Å². The van der Waals surface area contributed by atoms with Gasteiger partial charge < -0.3 is 9.72 Å². The van der Waals surface area contributed by atoms with Crippen LogP contribution in [0.3, 0.4) is 0 Å². The Hall–Kier alpha value is -2.88. The number of ether oxygens (including phenoxy) is 1. The highest BCUT2D eigenvalue weighted by Gasteiger charge is 2.17. The summed E-state index contributed by atoms with van der Waals surface area (Å²) in [6, 6.07) is 11.5. The summed E-state index contributed by atoms with van der Waals surface area (Å²) in [6.07, 6.45) is 7.31. The van der Waals surface area contributed by atoms with Crippen molar-refractivity contribution in [3.8, 4) is 11.5 Å². The smallest absolute Gasteiger partial charge is 0.257 e. The van der Waals surface area contributed by atoms with Crippen molar-refractivity contribution in [2.24, 2.45) is 0 Å². The molecule has 0 fully saturated rings. The number of fused-ring (bicyclic) bond motifs is 3. The Labute approximate surface area is 127 Å². The van der Waals surface area contributed by atoms with Gasteiger partial charge in [-0.25, -0.2) is 4.98 Å². The van der Waals surface area contributed by atoms with Crippen molar-refractivity contribution in [3.63, 3.8) is 0 Å². The van der Waals surface area contributed by atoms with Crippen molar-refractivity contribution in [1.82, 2.24) is 9.97 Å². The Kier molecular flexibility index (Phi) is 3.00. The normalized spacial score (nSPS) is 13.1. The first-order valence-corrected chi connectivity index (χ1v) is 7.26. The fourth-order valence-electron chi connectivity index (χ4n) is 2.84. The molecule has 1 aromatic carbocycles. The van der Waals surface area contributed by atoms with Crippen molar-refractivity contribution in [2.75, 3.05) is 0 Å². The van der Waals surface area contributed by atoms with E-state index < -0.39 is 0 Å². The number of rotatable bonds is 2. The standard InChI is InChI=1S/C18H14N2O2/c21-18-14-9-5-4-8-13(14)16-15(10-11-19-17(16)20-18)22-12-6-2-1-3-7-12/h1-3,5-7,9-11H,4,8H2,(H,19,20,21). The summed E-state index contributed by atoms with van der Waals surface area (Å²) in [7, 11) is 0. The van der Waals surface area contributed by atoms with Gasteiger partial charge in [0.2, 0.25) is 0 Å². The SMILES string of the molecule is O=c1[nH]c2nccc(Oc3ccccc3)c2c2c1C=CCC2. The van der Waals surface area contributed by atoms with Crippen molar-refractivity contribution in [2.45, 2.75) is 12.8 Å². The van der Waals surface area contributed by atoms with E-state index in [0.717, 1.165) is 35.3 Å². The molecule has 0 saturated heterocycles. The highest BCUT2D eigenvalue weighted by Crippen LogP contribution is 2.33. The Morgan fingerprint density at radius 2 is 2.00 bits per heavy atom. The van der Waals surface area contributed by atoms with Crippen LogP contribution in [0.4, 0.5) is 0 Å². The fraction of sp³-hybridized carbons (Fsp3) is 0.111. The fourth-order valence-corrected chi connectivity index (χ4v) is 2.84. The summed E-state index contributed by atoms with van der Waals surface area (Å²) in [5.41, 5.74) is 2.21. The number of para-hydroxylation sites is 1. The van der Waals surface area contributed by atoms with Gasteiger partial charge in [0, 0.05) is 11.8 Å². The van der Waals surface area contributed by atoms with E-state index in [2.05, 4.69) is 9.97 Å². The second kappa shape index (κ2) is 5.15. The lowest BCUT2D eigenvalue weighted by Crippen LogP contribution is -2.15. The zero-order valence-electron chi connectivity index (χ0n) is 11.9. The lowest BCUT2D eigenvalue weighted by molar-refractivity contribution is 0.487. The maximum atomic E-state index is 12.2. The van der Waals surface area contributed by atoms with E-state index in [9.17, 15) is 4.79 Å². The van der Waals surface area contributed by atoms with Crippen LogP contribution in [-0.4, -0.2) is 9.97 Å². The molecular formula is C18H14N2O2. The zero-order chi connectivity index (χ0) is 14.9. The molecule has 3 aromatic rings. The number of nitrogens with one attached hydrogen (secondary N) is 1. The predicted molar refractivity (Wildman–Crippen MR) is 86.2 cm³/mol. The summed E-state index contributed by atoms with van der Waals surface area (Å²) in [6.45, 7) is 0. The highest BCUT2D eigenvalue weighted by molar-refractivity contribution is 5.88. The number of pyridine rings is 2. The van der Waals surface area contributed by atoms with Crippen molar-refractivity contribution < 1.29 is 4.74 Å². The Bertz CT molecular complexity index is 927. The van der Waals surface area contributed by atoms with Gasteiger partial charge in [0.15, 0.2) is 0 Å². The molecule has 2 heterocycles. The van der Waals surface area contributed by atoms with Crippen LogP contribution in [0.5, 0.6) is 11.5 Å². The summed E-state index contributed by atoms with van der Waals surface area (Å²) in [5.74, 6) is 1.49. The minimum Gasteiger partial charge on any atom is -0.457 e. The van der Waals surface area contributed by atoms with Crippen LogP contribution in [0, 0.1) is 0 Å². The molecule has 4 rings (SSSR count). The van der Waals surface area contributed by atoms with E-state index in [1.807, 2.05) is 48.6 Å². The number of allylic oxidation sites excluding steroid dienone is 1. The molecule has 0 unspecified atom stereocenters. The van der Waals surface area contributed by atoms with Crippen LogP contribution in [0.15, 0.2) is 53.5 Å². The molecule has 0 spiro atoms. The molecule has 1 N–H and O–H groups in total. The number of aryl methyl sites for hydroxylation is 1. The van der Waals surface area contributed by atoms with Gasteiger partial charge in [-0.05, 0) is 36.6 Å².